The van der Waals surface area contributed by atoms with Gasteiger partial charge in [-0.3, -0.25) is 5.32 Å². The molecule has 3 heteroatoms. The Morgan fingerprint density at radius 2 is 2.15 bits per heavy atom. The molecule has 2 atom stereocenters. The summed E-state index contributed by atoms with van der Waals surface area (Å²) in [6, 6.07) is 9.54. The molecule has 1 aliphatic heterocycles. The minimum atomic E-state index is -0.389. The van der Waals surface area contributed by atoms with Gasteiger partial charge in [0.2, 0.25) is 0 Å². The number of benzene rings is 1. The highest BCUT2D eigenvalue weighted by molar-refractivity contribution is 5.19. The van der Waals surface area contributed by atoms with Gasteiger partial charge in [0.25, 0.3) is 0 Å². The third kappa shape index (κ3) is 1.71. The van der Waals surface area contributed by atoms with Crippen LogP contribution in [0.3, 0.4) is 0 Å². The van der Waals surface area contributed by atoms with Crippen LogP contribution in [-0.2, 0) is 4.74 Å². The first-order valence-corrected chi connectivity index (χ1v) is 4.37. The smallest absolute Gasteiger partial charge is 0.108 e. The Bertz CT molecular complexity index is 265. The topological polar surface area (TPSA) is 21.3 Å². The fourth-order valence-corrected chi connectivity index (χ4v) is 1.57. The van der Waals surface area contributed by atoms with Crippen LogP contribution >= 0.6 is 0 Å². The second kappa shape index (κ2) is 3.85. The molecule has 1 fully saturated rings. The predicted octanol–water partition coefficient (Wildman–Crippen LogP) is 1.64. The molecular weight excluding hydrogens is 169 g/mol. The Hall–Kier alpha value is -0.930. The summed E-state index contributed by atoms with van der Waals surface area (Å²) in [4.78, 5) is 0. The molecule has 1 saturated heterocycles. The number of alkyl halides is 1. The predicted molar refractivity (Wildman–Crippen MR) is 48.0 cm³/mol. The van der Waals surface area contributed by atoms with Crippen molar-refractivity contribution in [3.8, 4) is 0 Å². The molecule has 2 nitrogen and oxygen atoms in total. The lowest BCUT2D eigenvalue weighted by Gasteiger charge is -2.14. The van der Waals surface area contributed by atoms with E-state index in [1.54, 1.807) is 0 Å². The molecule has 1 aliphatic rings. The third-order valence-corrected chi connectivity index (χ3v) is 2.27. The summed E-state index contributed by atoms with van der Waals surface area (Å²) in [5.74, 6) is 0. The summed E-state index contributed by atoms with van der Waals surface area (Å²) < 4.78 is 17.9. The molecule has 1 aromatic carbocycles. The van der Waals surface area contributed by atoms with Gasteiger partial charge >= 0.3 is 0 Å². The Labute approximate surface area is 76.7 Å². The van der Waals surface area contributed by atoms with E-state index in [1.165, 1.54) is 0 Å². The molecule has 0 aromatic heterocycles. The summed E-state index contributed by atoms with van der Waals surface area (Å²) in [7, 11) is 0. The van der Waals surface area contributed by atoms with E-state index in [4.69, 9.17) is 4.74 Å². The highest BCUT2D eigenvalue weighted by atomic mass is 19.1. The molecule has 1 aromatic rings. The molecule has 2 unspecified atom stereocenters. The molecule has 0 aliphatic carbocycles. The van der Waals surface area contributed by atoms with Gasteiger partial charge < -0.3 is 4.74 Å². The summed E-state index contributed by atoms with van der Waals surface area (Å²) in [5, 5.41) is 2.96. The monoisotopic (exact) mass is 181 g/mol. The third-order valence-electron chi connectivity index (χ3n) is 2.27. The highest BCUT2D eigenvalue weighted by Crippen LogP contribution is 2.24. The lowest BCUT2D eigenvalue weighted by Crippen LogP contribution is -2.27. The molecule has 0 spiro atoms. The molecule has 0 radical (unpaired) electrons. The maximum absolute atomic E-state index is 12.5. The van der Waals surface area contributed by atoms with E-state index in [9.17, 15) is 4.39 Å². The Balaban J connectivity index is 2.16. The molecule has 70 valence electrons. The van der Waals surface area contributed by atoms with Crippen molar-refractivity contribution in [3.05, 3.63) is 35.9 Å². The largest absolute Gasteiger partial charge is 0.357 e. The van der Waals surface area contributed by atoms with Crippen LogP contribution < -0.4 is 5.32 Å². The lowest BCUT2D eigenvalue weighted by molar-refractivity contribution is 0.0989. The maximum Gasteiger partial charge on any atom is 0.108 e. The van der Waals surface area contributed by atoms with Crippen LogP contribution in [0.1, 0.15) is 11.7 Å². The van der Waals surface area contributed by atoms with Crippen molar-refractivity contribution in [1.29, 1.82) is 0 Å². The van der Waals surface area contributed by atoms with Crippen LogP contribution in [0.4, 0.5) is 4.39 Å². The number of rotatable bonds is 2. The molecule has 0 bridgehead atoms. The fraction of sp³-hybridized carbons (Fsp3) is 0.400. The molecular formula is C10H12FNO. The van der Waals surface area contributed by atoms with Gasteiger partial charge in [-0.25, -0.2) is 4.39 Å². The van der Waals surface area contributed by atoms with Crippen LogP contribution in [0.2, 0.25) is 0 Å². The average Bonchev–Trinajstić information content (AvgIpc) is 2.67. The van der Waals surface area contributed by atoms with E-state index < -0.39 is 0 Å². The molecule has 1 heterocycles. The molecule has 13 heavy (non-hydrogen) atoms. The summed E-state index contributed by atoms with van der Waals surface area (Å²) in [6.07, 6.45) is -0.133. The van der Waals surface area contributed by atoms with E-state index in [2.05, 4.69) is 5.32 Å². The Kier molecular flexibility index (Phi) is 2.57. The number of ether oxygens (including phenoxy) is 1. The number of halogens is 1. The second-order valence-corrected chi connectivity index (χ2v) is 3.11. The number of hydrogen-bond donors (Lipinski definition) is 1. The van der Waals surface area contributed by atoms with Gasteiger partial charge in [-0.1, -0.05) is 30.3 Å². The van der Waals surface area contributed by atoms with Crippen molar-refractivity contribution in [2.75, 3.05) is 13.4 Å². The van der Waals surface area contributed by atoms with Crippen LogP contribution in [0.5, 0.6) is 0 Å². The van der Waals surface area contributed by atoms with Gasteiger partial charge in [0.1, 0.15) is 12.8 Å². The van der Waals surface area contributed by atoms with E-state index >= 15 is 0 Å². The van der Waals surface area contributed by atoms with Crippen molar-refractivity contribution in [3.63, 3.8) is 0 Å². The van der Waals surface area contributed by atoms with Crippen LogP contribution in [-0.4, -0.2) is 19.4 Å². The highest BCUT2D eigenvalue weighted by Gasteiger charge is 2.28. The standard InChI is InChI=1S/C10H12FNO/c11-6-9-10(13-7-12-9)8-4-2-1-3-5-8/h1-5,9-10,12H,6-7H2. The first kappa shape index (κ1) is 8.66. The zero-order valence-electron chi connectivity index (χ0n) is 7.24. The zero-order valence-corrected chi connectivity index (χ0v) is 7.24. The Morgan fingerprint density at radius 1 is 1.38 bits per heavy atom. The fourth-order valence-electron chi connectivity index (χ4n) is 1.57. The van der Waals surface area contributed by atoms with Gasteiger partial charge in [-0.05, 0) is 5.56 Å². The second-order valence-electron chi connectivity index (χ2n) is 3.11. The van der Waals surface area contributed by atoms with Crippen molar-refractivity contribution in [2.45, 2.75) is 12.1 Å². The van der Waals surface area contributed by atoms with Gasteiger partial charge in [0.05, 0.1) is 12.8 Å². The average molecular weight is 181 g/mol. The quantitative estimate of drug-likeness (QED) is 0.749. The minimum absolute atomic E-state index is 0.133. The van der Waals surface area contributed by atoms with E-state index in [0.717, 1.165) is 5.56 Å². The van der Waals surface area contributed by atoms with Crippen LogP contribution in [0.25, 0.3) is 0 Å². The van der Waals surface area contributed by atoms with Crippen LogP contribution in [0, 0.1) is 0 Å². The summed E-state index contributed by atoms with van der Waals surface area (Å²) in [5.41, 5.74) is 1.04. The zero-order chi connectivity index (χ0) is 9.10. The van der Waals surface area contributed by atoms with Crippen molar-refractivity contribution >= 4 is 0 Å². The van der Waals surface area contributed by atoms with Gasteiger partial charge in [-0.2, -0.15) is 0 Å². The normalized spacial score (nSPS) is 27.8. The number of nitrogens with one attached hydrogen (secondary N) is 1. The van der Waals surface area contributed by atoms with Gasteiger partial charge in [-0.15, -0.1) is 0 Å². The molecule has 1 N–H and O–H groups in total. The Morgan fingerprint density at radius 3 is 2.85 bits per heavy atom. The first-order valence-electron chi connectivity index (χ1n) is 4.37. The summed E-state index contributed by atoms with van der Waals surface area (Å²) in [6.45, 7) is 0.0493. The van der Waals surface area contributed by atoms with Gasteiger partial charge in [0, 0.05) is 0 Å². The van der Waals surface area contributed by atoms with E-state index in [0.29, 0.717) is 6.73 Å². The van der Waals surface area contributed by atoms with Gasteiger partial charge in [0.15, 0.2) is 0 Å². The van der Waals surface area contributed by atoms with Crippen molar-refractivity contribution in [1.82, 2.24) is 5.32 Å². The summed E-state index contributed by atoms with van der Waals surface area (Å²) >= 11 is 0. The lowest BCUT2D eigenvalue weighted by atomic mass is 10.0. The SMILES string of the molecule is FCC1NCOC1c1ccccc1. The molecule has 0 amide bonds. The minimum Gasteiger partial charge on any atom is -0.357 e. The van der Waals surface area contributed by atoms with Crippen LogP contribution in [0.15, 0.2) is 30.3 Å². The maximum atomic E-state index is 12.5. The molecule has 2 rings (SSSR count). The molecule has 0 saturated carbocycles. The van der Waals surface area contributed by atoms with Crippen molar-refractivity contribution < 1.29 is 9.13 Å². The number of hydrogen-bond acceptors (Lipinski definition) is 2. The van der Waals surface area contributed by atoms with E-state index in [1.807, 2.05) is 30.3 Å². The first-order chi connectivity index (χ1) is 6.42. The van der Waals surface area contributed by atoms with E-state index in [-0.39, 0.29) is 18.8 Å². The van der Waals surface area contributed by atoms with Crippen molar-refractivity contribution in [2.24, 2.45) is 0 Å².